The average Bonchev–Trinajstić information content (AvgIpc) is 2.32. The van der Waals surface area contributed by atoms with Crippen LogP contribution in [0, 0.1) is 12.8 Å². The molecule has 1 aromatic rings. The van der Waals surface area contributed by atoms with Crippen molar-refractivity contribution >= 4 is 21.9 Å². The minimum atomic E-state index is -0.830. The summed E-state index contributed by atoms with van der Waals surface area (Å²) in [6.07, 6.45) is 0.385. The Morgan fingerprint density at radius 1 is 1.44 bits per heavy atom. The third-order valence-corrected chi connectivity index (χ3v) is 3.66. The quantitative estimate of drug-likeness (QED) is 0.907. The van der Waals surface area contributed by atoms with E-state index >= 15 is 0 Å². The number of hydrogen-bond acceptors (Lipinski definition) is 3. The highest BCUT2D eigenvalue weighted by Gasteiger charge is 2.20. The lowest BCUT2D eigenvalue weighted by atomic mass is 9.99. The largest absolute Gasteiger partial charge is 0.496 e. The Morgan fingerprint density at radius 2 is 2.06 bits per heavy atom. The fourth-order valence-electron chi connectivity index (χ4n) is 1.78. The molecule has 0 aliphatic heterocycles. The van der Waals surface area contributed by atoms with Crippen molar-refractivity contribution in [3.63, 3.8) is 0 Å². The lowest BCUT2D eigenvalue weighted by molar-refractivity contribution is -0.141. The summed E-state index contributed by atoms with van der Waals surface area (Å²) in [4.78, 5) is 10.9. The second kappa shape index (κ2) is 6.09. The molecule has 0 fully saturated rings. The third-order valence-electron chi connectivity index (χ3n) is 2.82. The van der Waals surface area contributed by atoms with E-state index in [1.165, 1.54) is 0 Å². The molecule has 0 saturated carbocycles. The Labute approximate surface area is 115 Å². The topological polar surface area (TPSA) is 55.8 Å². The molecule has 100 valence electrons. The number of aryl methyl sites for hydroxylation is 1. The average molecular weight is 317 g/mol. The number of ether oxygens (including phenoxy) is 2. The molecule has 5 heteroatoms. The number of aliphatic carboxylic acids is 1. The van der Waals surface area contributed by atoms with E-state index in [-0.39, 0.29) is 0 Å². The van der Waals surface area contributed by atoms with Crippen molar-refractivity contribution in [1.82, 2.24) is 0 Å². The molecule has 18 heavy (non-hydrogen) atoms. The Kier molecular flexibility index (Phi) is 5.02. The van der Waals surface area contributed by atoms with Gasteiger partial charge in [-0.3, -0.25) is 4.79 Å². The summed E-state index contributed by atoms with van der Waals surface area (Å²) in [5.41, 5.74) is 1.75. The zero-order valence-corrected chi connectivity index (χ0v) is 12.5. The van der Waals surface area contributed by atoms with Crippen molar-refractivity contribution in [2.75, 3.05) is 14.2 Å². The maximum absolute atomic E-state index is 10.9. The van der Waals surface area contributed by atoms with Crippen molar-refractivity contribution in [3.8, 4) is 11.5 Å². The molecule has 1 aromatic carbocycles. The number of carbonyl (C=O) groups is 1. The number of hydrogen-bond donors (Lipinski definition) is 1. The SMILES string of the molecule is COc1cc(C)c(OC)c(Br)c1CC(C)C(=O)O. The summed E-state index contributed by atoms with van der Waals surface area (Å²) in [6, 6.07) is 1.85. The van der Waals surface area contributed by atoms with Crippen molar-refractivity contribution < 1.29 is 19.4 Å². The first-order chi connectivity index (χ1) is 8.42. The molecule has 1 unspecified atom stereocenters. The van der Waals surface area contributed by atoms with Gasteiger partial charge in [0.15, 0.2) is 0 Å². The fourth-order valence-corrected chi connectivity index (χ4v) is 2.62. The highest BCUT2D eigenvalue weighted by Crippen LogP contribution is 2.39. The predicted octanol–water partition coefficient (Wildman–Crippen LogP) is 3.04. The van der Waals surface area contributed by atoms with E-state index in [0.29, 0.717) is 17.9 Å². The molecular formula is C13H17BrO4. The number of carboxylic acid groups (broad SMARTS) is 1. The zero-order valence-electron chi connectivity index (χ0n) is 10.9. The monoisotopic (exact) mass is 316 g/mol. The Hall–Kier alpha value is -1.23. The Balaban J connectivity index is 3.27. The van der Waals surface area contributed by atoms with E-state index < -0.39 is 11.9 Å². The maximum atomic E-state index is 10.9. The van der Waals surface area contributed by atoms with Crippen LogP contribution in [0.2, 0.25) is 0 Å². The highest BCUT2D eigenvalue weighted by atomic mass is 79.9. The molecule has 0 aliphatic carbocycles. The molecule has 1 atom stereocenters. The predicted molar refractivity (Wildman–Crippen MR) is 72.5 cm³/mol. The van der Waals surface area contributed by atoms with E-state index in [0.717, 1.165) is 15.6 Å². The van der Waals surface area contributed by atoms with Gasteiger partial charge in [0, 0.05) is 5.56 Å². The summed E-state index contributed by atoms with van der Waals surface area (Å²) in [5, 5.41) is 8.99. The van der Waals surface area contributed by atoms with Crippen LogP contribution in [0.15, 0.2) is 10.5 Å². The first-order valence-electron chi connectivity index (χ1n) is 5.55. The lowest BCUT2D eigenvalue weighted by Gasteiger charge is -2.17. The number of carboxylic acids is 1. The van der Waals surface area contributed by atoms with Gasteiger partial charge in [-0.2, -0.15) is 0 Å². The second-order valence-corrected chi connectivity index (χ2v) is 4.96. The first-order valence-corrected chi connectivity index (χ1v) is 6.34. The van der Waals surface area contributed by atoms with Crippen LogP contribution in [0.5, 0.6) is 11.5 Å². The Morgan fingerprint density at radius 3 is 2.50 bits per heavy atom. The molecule has 0 aliphatic rings. The molecule has 0 bridgehead atoms. The van der Waals surface area contributed by atoms with Crippen molar-refractivity contribution in [2.45, 2.75) is 20.3 Å². The second-order valence-electron chi connectivity index (χ2n) is 4.16. The Bertz CT molecular complexity index is 457. The van der Waals surface area contributed by atoms with Crippen LogP contribution in [0.4, 0.5) is 0 Å². The van der Waals surface area contributed by atoms with Crippen LogP contribution in [-0.4, -0.2) is 25.3 Å². The van der Waals surface area contributed by atoms with Gasteiger partial charge in [0.25, 0.3) is 0 Å². The van der Waals surface area contributed by atoms with Crippen LogP contribution < -0.4 is 9.47 Å². The lowest BCUT2D eigenvalue weighted by Crippen LogP contribution is -2.13. The van der Waals surface area contributed by atoms with Crippen molar-refractivity contribution in [2.24, 2.45) is 5.92 Å². The van der Waals surface area contributed by atoms with E-state index in [1.807, 2.05) is 13.0 Å². The molecule has 0 spiro atoms. The first kappa shape index (κ1) is 14.8. The molecule has 0 radical (unpaired) electrons. The van der Waals surface area contributed by atoms with Crippen LogP contribution >= 0.6 is 15.9 Å². The number of benzene rings is 1. The molecule has 1 N–H and O–H groups in total. The molecule has 0 heterocycles. The van der Waals surface area contributed by atoms with Crippen LogP contribution in [0.1, 0.15) is 18.1 Å². The number of rotatable bonds is 5. The number of halogens is 1. The van der Waals surface area contributed by atoms with Gasteiger partial charge in [-0.25, -0.2) is 0 Å². The zero-order chi connectivity index (χ0) is 13.9. The van der Waals surface area contributed by atoms with Gasteiger partial charge < -0.3 is 14.6 Å². The minimum absolute atomic E-state index is 0.385. The fraction of sp³-hybridized carbons (Fsp3) is 0.462. The van der Waals surface area contributed by atoms with E-state index in [1.54, 1.807) is 21.1 Å². The van der Waals surface area contributed by atoms with Crippen molar-refractivity contribution in [1.29, 1.82) is 0 Å². The van der Waals surface area contributed by atoms with Gasteiger partial charge in [-0.1, -0.05) is 6.92 Å². The normalized spacial score (nSPS) is 12.1. The molecule has 1 rings (SSSR count). The molecule has 0 aromatic heterocycles. The molecular weight excluding hydrogens is 300 g/mol. The van der Waals surface area contributed by atoms with Crippen LogP contribution in [0.3, 0.4) is 0 Å². The van der Waals surface area contributed by atoms with Gasteiger partial charge in [-0.15, -0.1) is 0 Å². The molecule has 4 nitrogen and oxygen atoms in total. The standard InChI is InChI=1S/C13H17BrO4/c1-7-6-10(17-3)9(5-8(2)13(15)16)11(14)12(7)18-4/h6,8H,5H2,1-4H3,(H,15,16). The summed E-state index contributed by atoms with van der Waals surface area (Å²) < 4.78 is 11.4. The number of methoxy groups -OCH3 is 2. The smallest absolute Gasteiger partial charge is 0.306 e. The molecule has 0 amide bonds. The summed E-state index contributed by atoms with van der Waals surface area (Å²) >= 11 is 3.46. The van der Waals surface area contributed by atoms with Gasteiger partial charge in [-0.05, 0) is 40.9 Å². The van der Waals surface area contributed by atoms with Gasteiger partial charge in [0.1, 0.15) is 11.5 Å². The summed E-state index contributed by atoms with van der Waals surface area (Å²) in [5.74, 6) is 0.0720. The van der Waals surface area contributed by atoms with E-state index in [2.05, 4.69) is 15.9 Å². The van der Waals surface area contributed by atoms with E-state index in [9.17, 15) is 4.79 Å². The maximum Gasteiger partial charge on any atom is 0.306 e. The van der Waals surface area contributed by atoms with Gasteiger partial charge >= 0.3 is 5.97 Å². The third kappa shape index (κ3) is 2.96. The van der Waals surface area contributed by atoms with Gasteiger partial charge in [0.2, 0.25) is 0 Å². The summed E-state index contributed by atoms with van der Waals surface area (Å²) in [6.45, 7) is 3.58. The van der Waals surface area contributed by atoms with Crippen LogP contribution in [0.25, 0.3) is 0 Å². The molecule has 0 saturated heterocycles. The van der Waals surface area contributed by atoms with Crippen molar-refractivity contribution in [3.05, 3.63) is 21.7 Å². The van der Waals surface area contributed by atoms with Gasteiger partial charge in [0.05, 0.1) is 24.6 Å². The van der Waals surface area contributed by atoms with E-state index in [4.69, 9.17) is 14.6 Å². The minimum Gasteiger partial charge on any atom is -0.496 e. The van der Waals surface area contributed by atoms with Crippen LogP contribution in [-0.2, 0) is 11.2 Å². The summed E-state index contributed by atoms with van der Waals surface area (Å²) in [7, 11) is 3.16. The highest BCUT2D eigenvalue weighted by molar-refractivity contribution is 9.10.